The van der Waals surface area contributed by atoms with Gasteiger partial charge in [-0.2, -0.15) is 11.3 Å². The van der Waals surface area contributed by atoms with Crippen molar-refractivity contribution in [2.24, 2.45) is 0 Å². The lowest BCUT2D eigenvalue weighted by atomic mass is 10.1. The molecule has 1 fully saturated rings. The van der Waals surface area contributed by atoms with Crippen LogP contribution >= 0.6 is 27.3 Å². The molecular weight excluding hydrogens is 386 g/mol. The summed E-state index contributed by atoms with van der Waals surface area (Å²) in [4.78, 5) is 17.0. The highest BCUT2D eigenvalue weighted by molar-refractivity contribution is 9.10. The van der Waals surface area contributed by atoms with Gasteiger partial charge in [-0.05, 0) is 54.1 Å². The summed E-state index contributed by atoms with van der Waals surface area (Å²) in [7, 11) is 2.14. The molecule has 1 N–H and O–H groups in total. The summed E-state index contributed by atoms with van der Waals surface area (Å²) in [6.45, 7) is 4.05. The third kappa shape index (κ3) is 4.59. The van der Waals surface area contributed by atoms with Gasteiger partial charge in [0, 0.05) is 37.1 Å². The van der Waals surface area contributed by atoms with Gasteiger partial charge in [0.2, 0.25) is 5.91 Å². The predicted octanol–water partition coefficient (Wildman–Crippen LogP) is 3.83. The molecule has 0 atom stereocenters. The maximum absolute atomic E-state index is 12.4. The fourth-order valence-corrected chi connectivity index (χ4v) is 3.90. The van der Waals surface area contributed by atoms with Gasteiger partial charge in [0.1, 0.15) is 0 Å². The molecule has 6 heteroatoms. The van der Waals surface area contributed by atoms with E-state index in [1.807, 2.05) is 17.5 Å². The van der Waals surface area contributed by atoms with Crippen LogP contribution in [0.5, 0.6) is 0 Å². The molecule has 4 nitrogen and oxygen atoms in total. The predicted molar refractivity (Wildman–Crippen MR) is 105 cm³/mol. The van der Waals surface area contributed by atoms with Gasteiger partial charge in [0.15, 0.2) is 0 Å². The van der Waals surface area contributed by atoms with Crippen molar-refractivity contribution >= 4 is 44.5 Å². The van der Waals surface area contributed by atoms with Crippen LogP contribution < -0.4 is 10.2 Å². The molecule has 128 valence electrons. The fourth-order valence-electron chi connectivity index (χ4n) is 2.84. The minimum Gasteiger partial charge on any atom is -0.367 e. The average molecular weight is 408 g/mol. The quantitative estimate of drug-likeness (QED) is 0.817. The number of rotatable bonds is 5. The number of likely N-dealkylation sites (N-methyl/N-ethyl adjacent to an activating group) is 1. The van der Waals surface area contributed by atoms with Crippen LogP contribution in [0.15, 0.2) is 39.5 Å². The standard InChI is InChI=1S/C18H22BrN3OS/c1-21-7-9-22(10-8-21)17-4-3-15(19)12-16(17)20-18(23)5-2-14-6-11-24-13-14/h3-4,6,11-13H,2,5,7-10H2,1H3,(H,20,23). The molecule has 2 heterocycles. The number of nitrogens with zero attached hydrogens (tertiary/aromatic N) is 2. The number of hydrogen-bond acceptors (Lipinski definition) is 4. The molecule has 1 aromatic carbocycles. The van der Waals surface area contributed by atoms with Crippen molar-refractivity contribution in [2.45, 2.75) is 12.8 Å². The number of hydrogen-bond donors (Lipinski definition) is 1. The zero-order valence-corrected chi connectivity index (χ0v) is 16.2. The summed E-state index contributed by atoms with van der Waals surface area (Å²) < 4.78 is 0.980. The van der Waals surface area contributed by atoms with Gasteiger partial charge in [-0.15, -0.1) is 0 Å². The monoisotopic (exact) mass is 407 g/mol. The molecule has 1 aromatic heterocycles. The van der Waals surface area contributed by atoms with Crippen molar-refractivity contribution in [3.8, 4) is 0 Å². The SMILES string of the molecule is CN1CCN(c2ccc(Br)cc2NC(=O)CCc2ccsc2)CC1. The number of amides is 1. The largest absolute Gasteiger partial charge is 0.367 e. The molecule has 2 aromatic rings. The maximum Gasteiger partial charge on any atom is 0.224 e. The normalized spacial score (nSPS) is 15.5. The minimum absolute atomic E-state index is 0.0645. The number of halogens is 1. The first-order valence-electron chi connectivity index (χ1n) is 8.16. The Bertz CT molecular complexity index is 682. The molecular formula is C18H22BrN3OS. The molecule has 0 aliphatic carbocycles. The number of carbonyl (C=O) groups is 1. The van der Waals surface area contributed by atoms with Crippen LogP contribution in [0.1, 0.15) is 12.0 Å². The smallest absolute Gasteiger partial charge is 0.224 e. The van der Waals surface area contributed by atoms with E-state index in [1.165, 1.54) is 5.56 Å². The van der Waals surface area contributed by atoms with Crippen LogP contribution in [-0.4, -0.2) is 44.0 Å². The number of carbonyl (C=O) groups excluding carboxylic acids is 1. The topological polar surface area (TPSA) is 35.6 Å². The lowest BCUT2D eigenvalue weighted by molar-refractivity contribution is -0.116. The molecule has 0 unspecified atom stereocenters. The number of nitrogens with one attached hydrogen (secondary N) is 1. The Morgan fingerprint density at radius 1 is 1.25 bits per heavy atom. The van der Waals surface area contributed by atoms with Crippen molar-refractivity contribution in [3.05, 3.63) is 45.1 Å². The summed E-state index contributed by atoms with van der Waals surface area (Å²) in [6, 6.07) is 8.20. The average Bonchev–Trinajstić information content (AvgIpc) is 3.08. The highest BCUT2D eigenvalue weighted by atomic mass is 79.9. The molecule has 1 saturated heterocycles. The second-order valence-electron chi connectivity index (χ2n) is 6.13. The van der Waals surface area contributed by atoms with Crippen LogP contribution in [0.25, 0.3) is 0 Å². The molecule has 0 bridgehead atoms. The highest BCUT2D eigenvalue weighted by Crippen LogP contribution is 2.30. The van der Waals surface area contributed by atoms with E-state index in [1.54, 1.807) is 11.3 Å². The maximum atomic E-state index is 12.4. The first-order chi connectivity index (χ1) is 11.6. The van der Waals surface area contributed by atoms with Crippen LogP contribution in [0.3, 0.4) is 0 Å². The lowest BCUT2D eigenvalue weighted by Gasteiger charge is -2.35. The van der Waals surface area contributed by atoms with Gasteiger partial charge in [-0.1, -0.05) is 15.9 Å². The second-order valence-corrected chi connectivity index (χ2v) is 7.83. The van der Waals surface area contributed by atoms with Gasteiger partial charge in [-0.25, -0.2) is 0 Å². The highest BCUT2D eigenvalue weighted by Gasteiger charge is 2.18. The summed E-state index contributed by atoms with van der Waals surface area (Å²) in [5.41, 5.74) is 3.23. The molecule has 0 saturated carbocycles. The van der Waals surface area contributed by atoms with E-state index in [0.29, 0.717) is 6.42 Å². The van der Waals surface area contributed by atoms with Crippen LogP contribution in [0.2, 0.25) is 0 Å². The van der Waals surface area contributed by atoms with E-state index in [4.69, 9.17) is 0 Å². The fraction of sp³-hybridized carbons (Fsp3) is 0.389. The number of benzene rings is 1. The van der Waals surface area contributed by atoms with Crippen molar-refractivity contribution < 1.29 is 4.79 Å². The zero-order chi connectivity index (χ0) is 16.9. The summed E-state index contributed by atoms with van der Waals surface area (Å²) in [5, 5.41) is 7.25. The first kappa shape index (κ1) is 17.5. The third-order valence-electron chi connectivity index (χ3n) is 4.30. The van der Waals surface area contributed by atoms with E-state index in [0.717, 1.165) is 48.4 Å². The second kappa shape index (κ2) is 8.14. The van der Waals surface area contributed by atoms with E-state index in [-0.39, 0.29) is 5.91 Å². The summed E-state index contributed by atoms with van der Waals surface area (Å²) >= 11 is 5.18. The number of piperazine rings is 1. The molecule has 3 rings (SSSR count). The number of anilines is 2. The molecule has 24 heavy (non-hydrogen) atoms. The molecule has 0 radical (unpaired) electrons. The van der Waals surface area contributed by atoms with Crippen LogP contribution in [-0.2, 0) is 11.2 Å². The molecule has 1 aliphatic rings. The zero-order valence-electron chi connectivity index (χ0n) is 13.8. The summed E-state index contributed by atoms with van der Waals surface area (Å²) in [5.74, 6) is 0.0645. The van der Waals surface area contributed by atoms with Gasteiger partial charge in [-0.3, -0.25) is 4.79 Å². The van der Waals surface area contributed by atoms with E-state index in [9.17, 15) is 4.79 Å². The van der Waals surface area contributed by atoms with Gasteiger partial charge in [0.25, 0.3) is 0 Å². The number of thiophene rings is 1. The minimum atomic E-state index is 0.0645. The van der Waals surface area contributed by atoms with Gasteiger partial charge < -0.3 is 15.1 Å². The van der Waals surface area contributed by atoms with Crippen LogP contribution in [0, 0.1) is 0 Å². The van der Waals surface area contributed by atoms with Crippen LogP contribution in [0.4, 0.5) is 11.4 Å². The lowest BCUT2D eigenvalue weighted by Crippen LogP contribution is -2.44. The van der Waals surface area contributed by atoms with Crippen molar-refractivity contribution in [1.82, 2.24) is 4.90 Å². The van der Waals surface area contributed by atoms with Gasteiger partial charge >= 0.3 is 0 Å². The molecule has 1 aliphatic heterocycles. The third-order valence-corrected chi connectivity index (χ3v) is 5.52. The Balaban J connectivity index is 1.67. The first-order valence-corrected chi connectivity index (χ1v) is 9.89. The van der Waals surface area contributed by atoms with Crippen molar-refractivity contribution in [2.75, 3.05) is 43.4 Å². The Hall–Kier alpha value is -1.37. The number of aryl methyl sites for hydroxylation is 1. The molecule has 1 amide bonds. The Kier molecular flexibility index (Phi) is 5.92. The Morgan fingerprint density at radius 2 is 2.04 bits per heavy atom. The van der Waals surface area contributed by atoms with Crippen molar-refractivity contribution in [3.63, 3.8) is 0 Å². The van der Waals surface area contributed by atoms with E-state index < -0.39 is 0 Å². The van der Waals surface area contributed by atoms with E-state index >= 15 is 0 Å². The van der Waals surface area contributed by atoms with Gasteiger partial charge in [0.05, 0.1) is 11.4 Å². The van der Waals surface area contributed by atoms with E-state index in [2.05, 4.69) is 55.6 Å². The Morgan fingerprint density at radius 3 is 2.75 bits per heavy atom. The Labute approximate surface area is 155 Å². The summed E-state index contributed by atoms with van der Waals surface area (Å²) in [6.07, 6.45) is 1.29. The molecule has 0 spiro atoms. The van der Waals surface area contributed by atoms with Crippen molar-refractivity contribution in [1.29, 1.82) is 0 Å².